The number of carbonyl (C=O) groups is 1. The largest absolute Gasteiger partial charge is 0.465 e. The Hall–Kier alpha value is -2.18. The van der Waals surface area contributed by atoms with Gasteiger partial charge in [-0.1, -0.05) is 30.3 Å². The lowest BCUT2D eigenvalue weighted by atomic mass is 9.83. The quantitative estimate of drug-likeness (QED) is 0.550. The van der Waals surface area contributed by atoms with Crippen LogP contribution in [0.2, 0.25) is 0 Å². The van der Waals surface area contributed by atoms with Gasteiger partial charge < -0.3 is 14.5 Å². The van der Waals surface area contributed by atoms with Crippen LogP contribution in [-0.4, -0.2) is 41.4 Å². The van der Waals surface area contributed by atoms with Gasteiger partial charge in [0.1, 0.15) is 0 Å². The van der Waals surface area contributed by atoms with Gasteiger partial charge in [0.05, 0.1) is 28.9 Å². The van der Waals surface area contributed by atoms with Gasteiger partial charge in [0.2, 0.25) is 0 Å². The van der Waals surface area contributed by atoms with Crippen molar-refractivity contribution in [2.45, 2.75) is 64.1 Å². The molecule has 1 radical (unpaired) electrons. The van der Waals surface area contributed by atoms with Crippen LogP contribution in [0, 0.1) is 0 Å². The molecule has 1 N–H and O–H groups in total. The van der Waals surface area contributed by atoms with Crippen LogP contribution in [-0.2, 0) is 19.6 Å². The van der Waals surface area contributed by atoms with Crippen molar-refractivity contribution in [3.63, 3.8) is 0 Å². The first-order valence-electron chi connectivity index (χ1n) is 10.1. The summed E-state index contributed by atoms with van der Waals surface area (Å²) in [5.74, 6) is -0.125. The smallest absolute Gasteiger partial charge is 0.332 e. The summed E-state index contributed by atoms with van der Waals surface area (Å²) in [6.45, 7) is 9.37. The Kier molecular flexibility index (Phi) is 5.88. The van der Waals surface area contributed by atoms with E-state index in [9.17, 15) is 9.90 Å². The standard InChI is InChI=1S/C23H29BNO4/c1-6-28-20(26)23(13-14-23)17-9-7-16(8-10-17)19-12-11-18(15-25-19)24-29-22(4,5)21(2,3)27/h7-12,15,27H,6,13-14H2,1-5H3. The predicted octanol–water partition coefficient (Wildman–Crippen LogP) is 3.15. The second-order valence-corrected chi connectivity index (χ2v) is 8.66. The number of nitrogens with zero attached hydrogens (tertiary/aromatic N) is 1. The molecule has 0 bridgehead atoms. The fraction of sp³-hybridized carbons (Fsp3) is 0.478. The molecular formula is C23H29BNO4. The van der Waals surface area contributed by atoms with Gasteiger partial charge in [-0.3, -0.25) is 9.78 Å². The average Bonchev–Trinajstić information content (AvgIpc) is 3.48. The van der Waals surface area contributed by atoms with Gasteiger partial charge >= 0.3 is 13.5 Å². The summed E-state index contributed by atoms with van der Waals surface area (Å²) >= 11 is 0. The molecule has 1 heterocycles. The predicted molar refractivity (Wildman–Crippen MR) is 114 cm³/mol. The third-order valence-corrected chi connectivity index (χ3v) is 5.90. The van der Waals surface area contributed by atoms with Crippen molar-refractivity contribution < 1.29 is 19.3 Å². The van der Waals surface area contributed by atoms with Crippen LogP contribution >= 0.6 is 0 Å². The van der Waals surface area contributed by atoms with Crippen LogP contribution in [0.25, 0.3) is 11.3 Å². The molecule has 1 aliphatic carbocycles. The maximum atomic E-state index is 12.2. The lowest BCUT2D eigenvalue weighted by Gasteiger charge is -2.37. The second kappa shape index (κ2) is 7.92. The Morgan fingerprint density at radius 2 is 1.79 bits per heavy atom. The van der Waals surface area contributed by atoms with E-state index in [2.05, 4.69) is 4.98 Å². The Balaban J connectivity index is 1.67. The van der Waals surface area contributed by atoms with Gasteiger partial charge in [0.25, 0.3) is 0 Å². The van der Waals surface area contributed by atoms with Crippen molar-refractivity contribution in [3.8, 4) is 11.3 Å². The van der Waals surface area contributed by atoms with Crippen LogP contribution < -0.4 is 5.46 Å². The van der Waals surface area contributed by atoms with Crippen molar-refractivity contribution in [2.24, 2.45) is 0 Å². The van der Waals surface area contributed by atoms with Gasteiger partial charge in [-0.25, -0.2) is 0 Å². The van der Waals surface area contributed by atoms with Crippen molar-refractivity contribution in [1.82, 2.24) is 4.98 Å². The molecule has 6 heteroatoms. The van der Waals surface area contributed by atoms with Crippen molar-refractivity contribution in [1.29, 1.82) is 0 Å². The minimum absolute atomic E-state index is 0.125. The maximum absolute atomic E-state index is 12.2. The topological polar surface area (TPSA) is 68.7 Å². The second-order valence-electron chi connectivity index (χ2n) is 8.66. The summed E-state index contributed by atoms with van der Waals surface area (Å²) in [4.78, 5) is 16.8. The Morgan fingerprint density at radius 1 is 1.14 bits per heavy atom. The maximum Gasteiger partial charge on any atom is 0.332 e. The Morgan fingerprint density at radius 3 is 2.28 bits per heavy atom. The normalized spacial score (nSPS) is 15.7. The third-order valence-electron chi connectivity index (χ3n) is 5.90. The van der Waals surface area contributed by atoms with E-state index >= 15 is 0 Å². The highest BCUT2D eigenvalue weighted by molar-refractivity contribution is 6.46. The number of hydrogen-bond acceptors (Lipinski definition) is 5. The van der Waals surface area contributed by atoms with Crippen LogP contribution in [0.5, 0.6) is 0 Å². The number of pyridine rings is 1. The fourth-order valence-electron chi connectivity index (χ4n) is 2.97. The number of aromatic nitrogens is 1. The number of hydrogen-bond donors (Lipinski definition) is 1. The minimum Gasteiger partial charge on any atom is -0.465 e. The zero-order valence-corrected chi connectivity index (χ0v) is 17.9. The molecule has 0 aliphatic heterocycles. The molecule has 1 fully saturated rings. The van der Waals surface area contributed by atoms with Crippen LogP contribution in [0.1, 0.15) is 53.0 Å². The van der Waals surface area contributed by atoms with E-state index in [1.807, 2.05) is 57.2 Å². The van der Waals surface area contributed by atoms with Crippen molar-refractivity contribution in [2.75, 3.05) is 6.61 Å². The number of rotatable bonds is 8. The molecule has 0 amide bonds. The number of aliphatic hydroxyl groups is 1. The molecule has 0 unspecified atom stereocenters. The van der Waals surface area contributed by atoms with E-state index < -0.39 is 16.6 Å². The Labute approximate surface area is 173 Å². The van der Waals surface area contributed by atoms with E-state index in [-0.39, 0.29) is 5.97 Å². The molecule has 2 aromatic rings. The van der Waals surface area contributed by atoms with E-state index in [1.165, 1.54) is 0 Å². The van der Waals surface area contributed by atoms with Gasteiger partial charge in [0, 0.05) is 11.8 Å². The average molecular weight is 394 g/mol. The number of ether oxygens (including phenoxy) is 1. The molecule has 1 aliphatic rings. The molecule has 0 saturated heterocycles. The van der Waals surface area contributed by atoms with Crippen LogP contribution in [0.4, 0.5) is 0 Å². The molecular weight excluding hydrogens is 365 g/mol. The number of esters is 1. The van der Waals surface area contributed by atoms with Gasteiger partial charge in [-0.15, -0.1) is 0 Å². The zero-order chi connectivity index (χ0) is 21.3. The molecule has 0 atom stereocenters. The summed E-state index contributed by atoms with van der Waals surface area (Å²) < 4.78 is 11.0. The summed E-state index contributed by atoms with van der Waals surface area (Å²) in [6.07, 6.45) is 3.43. The number of benzene rings is 1. The highest BCUT2D eigenvalue weighted by atomic mass is 16.5. The summed E-state index contributed by atoms with van der Waals surface area (Å²) in [5.41, 5.74) is 1.51. The minimum atomic E-state index is -0.971. The fourth-order valence-corrected chi connectivity index (χ4v) is 2.97. The first kappa shape index (κ1) is 21.5. The first-order valence-corrected chi connectivity index (χ1v) is 10.1. The monoisotopic (exact) mass is 394 g/mol. The van der Waals surface area contributed by atoms with E-state index in [4.69, 9.17) is 9.39 Å². The van der Waals surface area contributed by atoms with Crippen molar-refractivity contribution >= 4 is 18.9 Å². The lowest BCUT2D eigenvalue weighted by molar-refractivity contribution is -0.146. The van der Waals surface area contributed by atoms with E-state index in [0.29, 0.717) is 6.61 Å². The van der Waals surface area contributed by atoms with Gasteiger partial charge in [-0.2, -0.15) is 0 Å². The third kappa shape index (κ3) is 4.54. The molecule has 29 heavy (non-hydrogen) atoms. The molecule has 0 spiro atoms. The Bertz CT molecular complexity index is 850. The molecule has 1 saturated carbocycles. The number of carbonyl (C=O) groups excluding carboxylic acids is 1. The molecule has 1 aromatic heterocycles. The highest BCUT2D eigenvalue weighted by Crippen LogP contribution is 2.49. The molecule has 153 valence electrons. The zero-order valence-electron chi connectivity index (χ0n) is 17.9. The molecule has 5 nitrogen and oxygen atoms in total. The SMILES string of the molecule is CCOC(=O)C1(c2ccc(-c3ccc([B]OC(C)(C)C(C)(C)O)cn3)cc2)CC1. The molecule has 1 aromatic carbocycles. The van der Waals surface area contributed by atoms with Crippen LogP contribution in [0.3, 0.4) is 0 Å². The van der Waals surface area contributed by atoms with Crippen molar-refractivity contribution in [3.05, 3.63) is 48.2 Å². The summed E-state index contributed by atoms with van der Waals surface area (Å²) in [6, 6.07) is 11.8. The van der Waals surface area contributed by atoms with Gasteiger partial charge in [-0.05, 0) is 64.6 Å². The lowest BCUT2D eigenvalue weighted by Crippen LogP contribution is -2.49. The molecule has 3 rings (SSSR count). The van der Waals surface area contributed by atoms with E-state index in [0.717, 1.165) is 35.1 Å². The highest BCUT2D eigenvalue weighted by Gasteiger charge is 2.52. The summed E-state index contributed by atoms with van der Waals surface area (Å²) in [5, 5.41) is 10.2. The first-order chi connectivity index (χ1) is 13.6. The van der Waals surface area contributed by atoms with Gasteiger partial charge in [0.15, 0.2) is 0 Å². The van der Waals surface area contributed by atoms with E-state index in [1.54, 1.807) is 27.5 Å². The summed E-state index contributed by atoms with van der Waals surface area (Å²) in [7, 11) is 1.62. The van der Waals surface area contributed by atoms with Crippen LogP contribution in [0.15, 0.2) is 42.6 Å².